The van der Waals surface area contributed by atoms with Gasteiger partial charge in [0.1, 0.15) is 0 Å². The van der Waals surface area contributed by atoms with Crippen LogP contribution in [0.2, 0.25) is 0 Å². The second kappa shape index (κ2) is 8.93. The third kappa shape index (κ3) is 5.37. The van der Waals surface area contributed by atoms with Crippen molar-refractivity contribution in [2.24, 2.45) is 5.92 Å². The van der Waals surface area contributed by atoms with Crippen LogP contribution < -0.4 is 10.1 Å². The molecule has 142 valence electrons. The normalized spacial score (nSPS) is 11.6. The van der Waals surface area contributed by atoms with Crippen molar-refractivity contribution in [3.8, 4) is 5.88 Å². The van der Waals surface area contributed by atoms with Crippen molar-refractivity contribution in [3.63, 3.8) is 0 Å². The van der Waals surface area contributed by atoms with Gasteiger partial charge in [-0.3, -0.25) is 9.59 Å². The van der Waals surface area contributed by atoms with Gasteiger partial charge in [0, 0.05) is 29.4 Å². The van der Waals surface area contributed by atoms with Crippen LogP contribution in [0.25, 0.3) is 0 Å². The summed E-state index contributed by atoms with van der Waals surface area (Å²) in [4.78, 5) is 40.2. The first-order chi connectivity index (χ1) is 12.8. The molecule has 0 fully saturated rings. The van der Waals surface area contributed by atoms with Crippen LogP contribution in [0, 0.1) is 5.92 Å². The molecule has 1 aromatic carbocycles. The third-order valence-corrected chi connectivity index (χ3v) is 3.80. The fourth-order valence-corrected chi connectivity index (χ4v) is 2.14. The highest BCUT2D eigenvalue weighted by Crippen LogP contribution is 2.15. The number of ether oxygens (including phenoxy) is 2. The number of pyridine rings is 1. The van der Waals surface area contributed by atoms with Crippen LogP contribution in [0.15, 0.2) is 42.6 Å². The number of nitrogens with one attached hydrogen (secondary N) is 1. The summed E-state index contributed by atoms with van der Waals surface area (Å²) in [6.45, 7) is 5.09. The van der Waals surface area contributed by atoms with Crippen LogP contribution in [0.5, 0.6) is 5.88 Å². The zero-order valence-corrected chi connectivity index (χ0v) is 15.7. The standard InChI is InChI=1S/C20H22N2O5/c1-12(2)19(24)22-16-8-5-14(6-9-16)18(23)13(3)27-20(25)15-7-10-17(26-4)21-11-15/h5-13H,1-4H3,(H,22,24)/t13-/m0/s1. The molecule has 1 N–H and O–H groups in total. The highest BCUT2D eigenvalue weighted by Gasteiger charge is 2.21. The van der Waals surface area contributed by atoms with Gasteiger partial charge in [0.25, 0.3) is 0 Å². The zero-order valence-electron chi connectivity index (χ0n) is 15.7. The summed E-state index contributed by atoms with van der Waals surface area (Å²) < 4.78 is 10.1. The van der Waals surface area contributed by atoms with Crippen molar-refractivity contribution < 1.29 is 23.9 Å². The fraction of sp³-hybridized carbons (Fsp3) is 0.300. The predicted octanol–water partition coefficient (Wildman–Crippen LogP) is 3.11. The Balaban J connectivity index is 1.99. The van der Waals surface area contributed by atoms with E-state index in [2.05, 4.69) is 10.3 Å². The lowest BCUT2D eigenvalue weighted by Gasteiger charge is -2.13. The number of benzene rings is 1. The van der Waals surface area contributed by atoms with E-state index in [4.69, 9.17) is 9.47 Å². The molecule has 1 atom stereocenters. The van der Waals surface area contributed by atoms with E-state index in [9.17, 15) is 14.4 Å². The number of hydrogen-bond donors (Lipinski definition) is 1. The highest BCUT2D eigenvalue weighted by molar-refractivity contribution is 6.02. The average molecular weight is 370 g/mol. The summed E-state index contributed by atoms with van der Waals surface area (Å²) in [6.07, 6.45) is 0.362. The number of carbonyl (C=O) groups excluding carboxylic acids is 3. The van der Waals surface area contributed by atoms with E-state index in [-0.39, 0.29) is 23.2 Å². The zero-order chi connectivity index (χ0) is 20.0. The van der Waals surface area contributed by atoms with Crippen LogP contribution in [0.1, 0.15) is 41.5 Å². The summed E-state index contributed by atoms with van der Waals surface area (Å²) in [5, 5.41) is 2.75. The Hall–Kier alpha value is -3.22. The number of rotatable bonds is 7. The molecule has 7 nitrogen and oxygen atoms in total. The monoisotopic (exact) mass is 370 g/mol. The highest BCUT2D eigenvalue weighted by atomic mass is 16.5. The van der Waals surface area contributed by atoms with E-state index >= 15 is 0 Å². The number of amides is 1. The Bertz CT molecular complexity index is 813. The van der Waals surface area contributed by atoms with Gasteiger partial charge < -0.3 is 14.8 Å². The quantitative estimate of drug-likeness (QED) is 0.594. The van der Waals surface area contributed by atoms with Gasteiger partial charge >= 0.3 is 5.97 Å². The van der Waals surface area contributed by atoms with E-state index in [1.54, 1.807) is 38.1 Å². The van der Waals surface area contributed by atoms with Crippen LogP contribution in [0.4, 0.5) is 5.69 Å². The maximum absolute atomic E-state index is 12.5. The first kappa shape index (κ1) is 20.1. The summed E-state index contributed by atoms with van der Waals surface area (Å²) in [5.74, 6) is -0.860. The second-order valence-corrected chi connectivity index (χ2v) is 6.22. The number of aromatic nitrogens is 1. The maximum Gasteiger partial charge on any atom is 0.340 e. The average Bonchev–Trinajstić information content (AvgIpc) is 2.67. The Morgan fingerprint density at radius 3 is 2.11 bits per heavy atom. The first-order valence-corrected chi connectivity index (χ1v) is 8.48. The minimum Gasteiger partial charge on any atom is -0.481 e. The molecular formula is C20H22N2O5. The van der Waals surface area contributed by atoms with E-state index < -0.39 is 12.1 Å². The van der Waals surface area contributed by atoms with E-state index in [1.807, 2.05) is 0 Å². The number of nitrogens with zero attached hydrogens (tertiary/aromatic N) is 1. The summed E-state index contributed by atoms with van der Waals surface area (Å²) in [6, 6.07) is 9.48. The lowest BCUT2D eigenvalue weighted by Crippen LogP contribution is -2.24. The molecule has 0 saturated heterocycles. The SMILES string of the molecule is COc1ccc(C(=O)O[C@@H](C)C(=O)c2ccc(NC(=O)C(C)C)cc2)cn1. The summed E-state index contributed by atoms with van der Waals surface area (Å²) >= 11 is 0. The number of anilines is 1. The number of Topliss-reactive ketones (excluding diaryl/α,β-unsaturated/α-hetero) is 1. The minimum atomic E-state index is -0.962. The van der Waals surface area contributed by atoms with Gasteiger partial charge in [-0.15, -0.1) is 0 Å². The molecule has 0 aliphatic carbocycles. The van der Waals surface area contributed by atoms with E-state index in [0.717, 1.165) is 0 Å². The van der Waals surface area contributed by atoms with E-state index in [1.165, 1.54) is 32.4 Å². The van der Waals surface area contributed by atoms with Crippen LogP contribution >= 0.6 is 0 Å². The molecule has 0 aliphatic rings. The van der Waals surface area contributed by atoms with Crippen molar-refractivity contribution in [3.05, 3.63) is 53.7 Å². The summed E-state index contributed by atoms with van der Waals surface area (Å²) in [5.41, 5.74) is 1.20. The van der Waals surface area contributed by atoms with Crippen molar-refractivity contribution >= 4 is 23.3 Å². The topological polar surface area (TPSA) is 94.6 Å². The van der Waals surface area contributed by atoms with Gasteiger partial charge in [-0.25, -0.2) is 9.78 Å². The largest absolute Gasteiger partial charge is 0.481 e. The molecule has 2 aromatic rings. The Morgan fingerprint density at radius 2 is 1.59 bits per heavy atom. The van der Waals surface area contributed by atoms with Crippen molar-refractivity contribution in [2.75, 3.05) is 12.4 Å². The van der Waals surface area contributed by atoms with Crippen LogP contribution in [-0.4, -0.2) is 35.9 Å². The van der Waals surface area contributed by atoms with Crippen LogP contribution in [0.3, 0.4) is 0 Å². The Labute approximate surface area is 157 Å². The molecule has 0 radical (unpaired) electrons. The number of methoxy groups -OCH3 is 1. The number of ketones is 1. The number of esters is 1. The smallest absolute Gasteiger partial charge is 0.340 e. The number of hydrogen-bond acceptors (Lipinski definition) is 6. The lowest BCUT2D eigenvalue weighted by atomic mass is 10.1. The fourth-order valence-electron chi connectivity index (χ4n) is 2.14. The van der Waals surface area contributed by atoms with Gasteiger partial charge in [-0.05, 0) is 37.3 Å². The third-order valence-electron chi connectivity index (χ3n) is 3.80. The minimum absolute atomic E-state index is 0.107. The van der Waals surface area contributed by atoms with Crippen LogP contribution in [-0.2, 0) is 9.53 Å². The van der Waals surface area contributed by atoms with Crippen molar-refractivity contribution in [1.82, 2.24) is 4.98 Å². The molecule has 1 amide bonds. The van der Waals surface area contributed by atoms with Crippen molar-refractivity contribution in [2.45, 2.75) is 26.9 Å². The molecule has 2 rings (SSSR count). The Morgan fingerprint density at radius 1 is 0.963 bits per heavy atom. The molecule has 0 unspecified atom stereocenters. The molecule has 0 aliphatic heterocycles. The van der Waals surface area contributed by atoms with Gasteiger partial charge in [-0.1, -0.05) is 13.8 Å². The maximum atomic E-state index is 12.5. The molecule has 7 heteroatoms. The first-order valence-electron chi connectivity index (χ1n) is 8.48. The molecule has 0 spiro atoms. The second-order valence-electron chi connectivity index (χ2n) is 6.22. The van der Waals surface area contributed by atoms with Gasteiger partial charge in [0.15, 0.2) is 6.10 Å². The molecule has 27 heavy (non-hydrogen) atoms. The molecular weight excluding hydrogens is 348 g/mol. The van der Waals surface area contributed by atoms with Gasteiger partial charge in [0.2, 0.25) is 17.6 Å². The molecule has 0 bridgehead atoms. The summed E-state index contributed by atoms with van der Waals surface area (Å²) in [7, 11) is 1.47. The lowest BCUT2D eigenvalue weighted by molar-refractivity contribution is -0.118. The molecule has 1 heterocycles. The molecule has 0 saturated carbocycles. The predicted molar refractivity (Wildman–Crippen MR) is 99.9 cm³/mol. The van der Waals surface area contributed by atoms with Crippen molar-refractivity contribution in [1.29, 1.82) is 0 Å². The van der Waals surface area contributed by atoms with Gasteiger partial charge in [-0.2, -0.15) is 0 Å². The number of carbonyl (C=O) groups is 3. The van der Waals surface area contributed by atoms with E-state index in [0.29, 0.717) is 17.1 Å². The Kier molecular flexibility index (Phi) is 6.65. The molecule has 1 aromatic heterocycles. The van der Waals surface area contributed by atoms with Gasteiger partial charge in [0.05, 0.1) is 12.7 Å².